The van der Waals surface area contributed by atoms with E-state index in [9.17, 15) is 0 Å². The summed E-state index contributed by atoms with van der Waals surface area (Å²) in [6.07, 6.45) is 4.10. The van der Waals surface area contributed by atoms with Crippen LogP contribution >= 0.6 is 0 Å². The number of nitrogens with zero attached hydrogens (tertiary/aromatic N) is 1. The van der Waals surface area contributed by atoms with E-state index in [0.29, 0.717) is 6.54 Å². The van der Waals surface area contributed by atoms with Crippen LogP contribution in [0.4, 0.5) is 0 Å². The average molecular weight is 284 g/mol. The van der Waals surface area contributed by atoms with E-state index in [0.717, 1.165) is 19.6 Å². The highest BCUT2D eigenvalue weighted by Gasteiger charge is 2.03. The fourth-order valence-corrected chi connectivity index (χ4v) is 1.94. The van der Waals surface area contributed by atoms with Gasteiger partial charge in [0.05, 0.1) is 0 Å². The third kappa shape index (κ3) is 7.70. The fraction of sp³-hybridized carbons (Fsp3) is 0.474. The molecule has 0 amide bonds. The molecule has 0 radical (unpaired) electrons. The monoisotopic (exact) mass is 284 g/mol. The Hall–Kier alpha value is -1.56. The Bertz CT molecular complexity index is 512. The van der Waals surface area contributed by atoms with Crippen molar-refractivity contribution in [3.05, 3.63) is 47.5 Å². The molecule has 0 aliphatic heterocycles. The molecule has 0 fully saturated rings. The second kappa shape index (κ2) is 8.67. The molecule has 0 atom stereocenters. The second-order valence-electron chi connectivity index (χ2n) is 6.27. The summed E-state index contributed by atoms with van der Waals surface area (Å²) in [6.45, 7) is 12.0. The lowest BCUT2D eigenvalue weighted by atomic mass is 9.98. The van der Waals surface area contributed by atoms with Crippen molar-refractivity contribution in [1.82, 2.24) is 4.90 Å². The second-order valence-corrected chi connectivity index (χ2v) is 6.27. The minimum atomic E-state index is 0.0669. The van der Waals surface area contributed by atoms with Crippen molar-refractivity contribution in [2.75, 3.05) is 13.1 Å². The first-order valence-corrected chi connectivity index (χ1v) is 7.62. The van der Waals surface area contributed by atoms with Gasteiger partial charge < -0.3 is 5.73 Å². The molecule has 1 aromatic carbocycles. The van der Waals surface area contributed by atoms with E-state index in [4.69, 9.17) is 5.73 Å². The van der Waals surface area contributed by atoms with Gasteiger partial charge in [0.15, 0.2) is 0 Å². The third-order valence-electron chi connectivity index (χ3n) is 3.09. The van der Waals surface area contributed by atoms with Crippen molar-refractivity contribution in [2.45, 2.75) is 40.8 Å². The van der Waals surface area contributed by atoms with Crippen LogP contribution in [0.15, 0.2) is 36.4 Å². The maximum absolute atomic E-state index is 5.69. The molecule has 1 rings (SSSR count). The van der Waals surface area contributed by atoms with Crippen LogP contribution < -0.4 is 5.73 Å². The van der Waals surface area contributed by atoms with Crippen LogP contribution in [0.25, 0.3) is 0 Å². The molecule has 0 saturated carbocycles. The standard InChI is InChI=1S/C19H28N2/c1-5-21(13-8-6-7-12-19(2,3)4)16-18-11-9-10-17(14-18)15-20/h6,8-11,14H,5,13,15-16,20H2,1-4H3. The van der Waals surface area contributed by atoms with Gasteiger partial charge in [-0.3, -0.25) is 4.90 Å². The van der Waals surface area contributed by atoms with Crippen molar-refractivity contribution in [1.29, 1.82) is 0 Å². The van der Waals surface area contributed by atoms with Crippen molar-refractivity contribution in [3.63, 3.8) is 0 Å². The molecule has 0 heterocycles. The summed E-state index contributed by atoms with van der Waals surface area (Å²) in [4.78, 5) is 2.38. The highest BCUT2D eigenvalue weighted by molar-refractivity contribution is 5.23. The van der Waals surface area contributed by atoms with Gasteiger partial charge in [-0.1, -0.05) is 49.1 Å². The van der Waals surface area contributed by atoms with Crippen molar-refractivity contribution < 1.29 is 0 Å². The molecule has 114 valence electrons. The lowest BCUT2D eigenvalue weighted by Crippen LogP contribution is -2.22. The zero-order chi connectivity index (χ0) is 15.7. The van der Waals surface area contributed by atoms with E-state index in [-0.39, 0.29) is 5.41 Å². The SMILES string of the molecule is CCN(CC=CC#CC(C)(C)C)Cc1cccc(CN)c1. The fourth-order valence-electron chi connectivity index (χ4n) is 1.94. The van der Waals surface area contributed by atoms with Gasteiger partial charge in [-0.05, 0) is 44.5 Å². The van der Waals surface area contributed by atoms with Crippen LogP contribution in [-0.2, 0) is 13.1 Å². The Labute approximate surface area is 130 Å². The molecule has 0 aliphatic rings. The molecule has 0 aliphatic carbocycles. The molecular weight excluding hydrogens is 256 g/mol. The van der Waals surface area contributed by atoms with Gasteiger partial charge in [-0.2, -0.15) is 0 Å². The predicted octanol–water partition coefficient (Wildman–Crippen LogP) is 3.57. The zero-order valence-electron chi connectivity index (χ0n) is 13.8. The lowest BCUT2D eigenvalue weighted by molar-refractivity contribution is 0.311. The van der Waals surface area contributed by atoms with Gasteiger partial charge in [0, 0.05) is 25.0 Å². The Balaban J connectivity index is 2.55. The summed E-state index contributed by atoms with van der Waals surface area (Å²) in [5.41, 5.74) is 8.26. The minimum absolute atomic E-state index is 0.0669. The summed E-state index contributed by atoms with van der Waals surface area (Å²) >= 11 is 0. The van der Waals surface area contributed by atoms with E-state index in [1.807, 2.05) is 6.08 Å². The van der Waals surface area contributed by atoms with E-state index >= 15 is 0 Å². The molecule has 0 aromatic heterocycles. The number of likely N-dealkylation sites (N-methyl/N-ethyl adjacent to an activating group) is 1. The molecule has 0 unspecified atom stereocenters. The highest BCUT2D eigenvalue weighted by atomic mass is 15.1. The Morgan fingerprint density at radius 1 is 1.24 bits per heavy atom. The molecule has 0 bridgehead atoms. The molecule has 2 N–H and O–H groups in total. The van der Waals surface area contributed by atoms with Gasteiger partial charge in [0.2, 0.25) is 0 Å². The van der Waals surface area contributed by atoms with Crippen LogP contribution in [0.3, 0.4) is 0 Å². The Morgan fingerprint density at radius 2 is 1.95 bits per heavy atom. The van der Waals surface area contributed by atoms with Crippen molar-refractivity contribution in [2.24, 2.45) is 11.1 Å². The normalized spacial score (nSPS) is 11.7. The smallest absolute Gasteiger partial charge is 0.0237 e. The maximum atomic E-state index is 5.69. The predicted molar refractivity (Wildman–Crippen MR) is 91.7 cm³/mol. The molecule has 21 heavy (non-hydrogen) atoms. The summed E-state index contributed by atoms with van der Waals surface area (Å²) < 4.78 is 0. The van der Waals surface area contributed by atoms with Crippen LogP contribution in [-0.4, -0.2) is 18.0 Å². The summed E-state index contributed by atoms with van der Waals surface area (Å²) in [5.74, 6) is 6.32. The third-order valence-corrected chi connectivity index (χ3v) is 3.09. The average Bonchev–Trinajstić information content (AvgIpc) is 2.44. The lowest BCUT2D eigenvalue weighted by Gasteiger charge is -2.18. The van der Waals surface area contributed by atoms with Gasteiger partial charge in [-0.25, -0.2) is 0 Å². The van der Waals surface area contributed by atoms with Gasteiger partial charge in [0.25, 0.3) is 0 Å². The summed E-state index contributed by atoms with van der Waals surface area (Å²) in [7, 11) is 0. The highest BCUT2D eigenvalue weighted by Crippen LogP contribution is 2.10. The van der Waals surface area contributed by atoms with E-state index in [1.165, 1.54) is 11.1 Å². The quantitative estimate of drug-likeness (QED) is 0.809. The zero-order valence-corrected chi connectivity index (χ0v) is 13.8. The number of allylic oxidation sites excluding steroid dienone is 1. The summed E-state index contributed by atoms with van der Waals surface area (Å²) in [5, 5.41) is 0. The number of nitrogens with two attached hydrogens (primary N) is 1. The van der Waals surface area contributed by atoms with E-state index < -0.39 is 0 Å². The summed E-state index contributed by atoms with van der Waals surface area (Å²) in [6, 6.07) is 8.49. The van der Waals surface area contributed by atoms with Crippen LogP contribution in [0.1, 0.15) is 38.8 Å². The molecule has 1 aromatic rings. The number of hydrogen-bond donors (Lipinski definition) is 1. The first-order valence-electron chi connectivity index (χ1n) is 7.62. The molecule has 2 heteroatoms. The van der Waals surface area contributed by atoms with Crippen molar-refractivity contribution in [3.8, 4) is 11.8 Å². The topological polar surface area (TPSA) is 29.3 Å². The van der Waals surface area contributed by atoms with E-state index in [1.54, 1.807) is 0 Å². The van der Waals surface area contributed by atoms with Crippen LogP contribution in [0.5, 0.6) is 0 Å². The molecular formula is C19H28N2. The van der Waals surface area contributed by atoms with E-state index in [2.05, 4.69) is 74.8 Å². The largest absolute Gasteiger partial charge is 0.326 e. The van der Waals surface area contributed by atoms with Gasteiger partial charge in [0.1, 0.15) is 0 Å². The minimum Gasteiger partial charge on any atom is -0.326 e. The number of benzene rings is 1. The van der Waals surface area contributed by atoms with Gasteiger partial charge >= 0.3 is 0 Å². The van der Waals surface area contributed by atoms with Crippen molar-refractivity contribution >= 4 is 0 Å². The molecule has 0 saturated heterocycles. The molecule has 2 nitrogen and oxygen atoms in total. The van der Waals surface area contributed by atoms with Gasteiger partial charge in [-0.15, -0.1) is 0 Å². The maximum Gasteiger partial charge on any atom is 0.0237 e. The Kier molecular flexibility index (Phi) is 7.22. The van der Waals surface area contributed by atoms with Crippen LogP contribution in [0, 0.1) is 17.3 Å². The van der Waals surface area contributed by atoms with Crippen LogP contribution in [0.2, 0.25) is 0 Å². The first-order chi connectivity index (χ1) is 9.94. The number of hydrogen-bond acceptors (Lipinski definition) is 2. The number of rotatable bonds is 6. The first kappa shape index (κ1) is 17.5. The molecule has 0 spiro atoms. The Morgan fingerprint density at radius 3 is 2.57 bits per heavy atom.